The normalized spacial score (nSPS) is 18.3. The molecule has 0 fully saturated rings. The number of fused-ring (bicyclic) bond motifs is 1. The van der Waals surface area contributed by atoms with Gasteiger partial charge in [0.15, 0.2) is 17.3 Å². The largest absolute Gasteiger partial charge is 0.504 e. The zero-order valence-corrected chi connectivity index (χ0v) is 17.3. The number of anilines is 2. The summed E-state index contributed by atoms with van der Waals surface area (Å²) in [6, 6.07) is 12.1. The Balaban J connectivity index is 1.99. The second-order valence-electron chi connectivity index (χ2n) is 7.66. The van der Waals surface area contributed by atoms with E-state index in [-0.39, 0.29) is 17.4 Å². The van der Waals surface area contributed by atoms with E-state index in [1.54, 1.807) is 23.1 Å². The number of benzene rings is 2. The van der Waals surface area contributed by atoms with Gasteiger partial charge in [-0.1, -0.05) is 25.1 Å². The fourth-order valence-electron chi connectivity index (χ4n) is 4.32. The zero-order valence-electron chi connectivity index (χ0n) is 17.3. The number of carbonyl (C=O) groups is 2. The van der Waals surface area contributed by atoms with E-state index >= 15 is 0 Å². The monoisotopic (exact) mass is 406 g/mol. The van der Waals surface area contributed by atoms with Crippen molar-refractivity contribution in [1.82, 2.24) is 0 Å². The lowest BCUT2D eigenvalue weighted by molar-refractivity contribution is -0.119. The fourth-order valence-corrected chi connectivity index (χ4v) is 4.32. The van der Waals surface area contributed by atoms with Gasteiger partial charge in [-0.05, 0) is 49.1 Å². The molecule has 0 spiro atoms. The van der Waals surface area contributed by atoms with Gasteiger partial charge in [-0.3, -0.25) is 14.5 Å². The van der Waals surface area contributed by atoms with Crippen LogP contribution in [0, 0.1) is 0 Å². The molecule has 2 aromatic rings. The molecule has 0 aromatic heterocycles. The Morgan fingerprint density at radius 1 is 1.23 bits per heavy atom. The van der Waals surface area contributed by atoms with Crippen molar-refractivity contribution >= 4 is 23.1 Å². The molecule has 4 rings (SSSR count). The predicted octanol–water partition coefficient (Wildman–Crippen LogP) is 4.71. The molecule has 30 heavy (non-hydrogen) atoms. The lowest BCUT2D eigenvalue weighted by Crippen LogP contribution is -2.37. The zero-order chi connectivity index (χ0) is 21.3. The van der Waals surface area contributed by atoms with E-state index < -0.39 is 6.04 Å². The number of nitrogens with one attached hydrogen (secondary N) is 1. The maximum Gasteiger partial charge on any atom is 0.227 e. The minimum atomic E-state index is -0.586. The van der Waals surface area contributed by atoms with Crippen LogP contribution in [0.2, 0.25) is 0 Å². The molecule has 0 saturated carbocycles. The number of hydrogen-bond acceptors (Lipinski definition) is 5. The van der Waals surface area contributed by atoms with Crippen LogP contribution in [-0.4, -0.2) is 23.9 Å². The van der Waals surface area contributed by atoms with Gasteiger partial charge in [-0.2, -0.15) is 0 Å². The van der Waals surface area contributed by atoms with E-state index in [9.17, 15) is 14.7 Å². The number of methoxy groups -OCH3 is 1. The standard InChI is InChI=1S/C24H26N2O4/c1-3-7-22(29)26-18-10-5-4-8-16(18)25-17-9-6-11-20(28)23(17)24(26)15-12-13-19(27)21(14-15)30-2/h4-5,8,10,12-14,24-25,27H,3,6-7,9,11H2,1-2H3. The molecule has 1 aliphatic heterocycles. The first-order chi connectivity index (χ1) is 14.5. The Bertz CT molecular complexity index is 1030. The summed E-state index contributed by atoms with van der Waals surface area (Å²) in [4.78, 5) is 28.3. The Labute approximate surface area is 176 Å². The highest BCUT2D eigenvalue weighted by Crippen LogP contribution is 2.46. The Morgan fingerprint density at radius 3 is 2.80 bits per heavy atom. The SMILES string of the molecule is CCCC(=O)N1c2ccccc2NC2=C(C(=O)CCC2)C1c1ccc(O)c(OC)c1. The molecular weight excluding hydrogens is 380 g/mol. The quantitative estimate of drug-likeness (QED) is 0.769. The number of rotatable bonds is 4. The van der Waals surface area contributed by atoms with Crippen molar-refractivity contribution in [3.8, 4) is 11.5 Å². The topological polar surface area (TPSA) is 78.9 Å². The number of ketones is 1. The first-order valence-corrected chi connectivity index (χ1v) is 10.4. The molecule has 1 atom stereocenters. The molecule has 0 saturated heterocycles. The minimum absolute atomic E-state index is 0.0176. The van der Waals surface area contributed by atoms with Crippen LogP contribution >= 0.6 is 0 Å². The van der Waals surface area contributed by atoms with E-state index in [0.29, 0.717) is 30.6 Å². The molecule has 156 valence electrons. The van der Waals surface area contributed by atoms with Crippen LogP contribution in [0.5, 0.6) is 11.5 Å². The van der Waals surface area contributed by atoms with Gasteiger partial charge in [0.1, 0.15) is 0 Å². The predicted molar refractivity (Wildman–Crippen MR) is 116 cm³/mol. The number of nitrogens with zero attached hydrogens (tertiary/aromatic N) is 1. The maximum absolute atomic E-state index is 13.4. The number of phenols is 1. The molecule has 1 amide bonds. The Kier molecular flexibility index (Phi) is 5.48. The van der Waals surface area contributed by atoms with Crippen LogP contribution in [0.1, 0.15) is 50.6 Å². The van der Waals surface area contributed by atoms with Crippen molar-refractivity contribution in [2.75, 3.05) is 17.3 Å². The highest BCUT2D eigenvalue weighted by atomic mass is 16.5. The van der Waals surface area contributed by atoms with Crippen LogP contribution in [0.25, 0.3) is 0 Å². The average Bonchev–Trinajstić information content (AvgIpc) is 2.89. The van der Waals surface area contributed by atoms with Gasteiger partial charge in [0.25, 0.3) is 0 Å². The first kappa shape index (κ1) is 20.0. The summed E-state index contributed by atoms with van der Waals surface area (Å²) in [5.74, 6) is 0.328. The summed E-state index contributed by atoms with van der Waals surface area (Å²) in [5, 5.41) is 13.5. The molecule has 1 heterocycles. The van der Waals surface area contributed by atoms with Gasteiger partial charge in [0.2, 0.25) is 5.91 Å². The third-order valence-corrected chi connectivity index (χ3v) is 5.69. The summed E-state index contributed by atoms with van der Waals surface area (Å²) in [6.45, 7) is 1.97. The molecule has 0 radical (unpaired) electrons. The third-order valence-electron chi connectivity index (χ3n) is 5.69. The summed E-state index contributed by atoms with van der Waals surface area (Å²) < 4.78 is 5.31. The van der Waals surface area contributed by atoms with E-state index in [0.717, 1.165) is 35.5 Å². The average molecular weight is 406 g/mol. The highest BCUT2D eigenvalue weighted by Gasteiger charge is 2.39. The first-order valence-electron chi connectivity index (χ1n) is 10.4. The summed E-state index contributed by atoms with van der Waals surface area (Å²) in [5.41, 5.74) is 3.78. The van der Waals surface area contributed by atoms with Gasteiger partial charge < -0.3 is 15.2 Å². The van der Waals surface area contributed by atoms with Gasteiger partial charge in [-0.25, -0.2) is 0 Å². The van der Waals surface area contributed by atoms with E-state index in [1.807, 2.05) is 31.2 Å². The fraction of sp³-hybridized carbons (Fsp3) is 0.333. The van der Waals surface area contributed by atoms with Crippen LogP contribution in [0.15, 0.2) is 53.7 Å². The van der Waals surface area contributed by atoms with E-state index in [1.165, 1.54) is 7.11 Å². The van der Waals surface area contributed by atoms with Crippen LogP contribution in [0.4, 0.5) is 11.4 Å². The Hall–Kier alpha value is -3.28. The second-order valence-corrected chi connectivity index (χ2v) is 7.66. The lowest BCUT2D eigenvalue weighted by Gasteiger charge is -2.34. The molecule has 1 unspecified atom stereocenters. The van der Waals surface area contributed by atoms with Gasteiger partial charge >= 0.3 is 0 Å². The number of Topliss-reactive ketones (excluding diaryl/α,β-unsaturated/α-hetero) is 1. The molecule has 6 heteroatoms. The van der Waals surface area contributed by atoms with Crippen molar-refractivity contribution < 1.29 is 19.4 Å². The summed E-state index contributed by atoms with van der Waals surface area (Å²) >= 11 is 0. The summed E-state index contributed by atoms with van der Waals surface area (Å²) in [7, 11) is 1.49. The van der Waals surface area contributed by atoms with Crippen molar-refractivity contribution in [1.29, 1.82) is 0 Å². The number of para-hydroxylation sites is 2. The lowest BCUT2D eigenvalue weighted by atomic mass is 9.85. The molecular formula is C24H26N2O4. The minimum Gasteiger partial charge on any atom is -0.504 e. The summed E-state index contributed by atoms with van der Waals surface area (Å²) in [6.07, 6.45) is 3.06. The number of ether oxygens (including phenoxy) is 1. The molecule has 2 aliphatic rings. The molecule has 2 N–H and O–H groups in total. The number of allylic oxidation sites excluding steroid dienone is 1. The number of carbonyl (C=O) groups excluding carboxylic acids is 2. The second kappa shape index (κ2) is 8.22. The van der Waals surface area contributed by atoms with Gasteiger partial charge in [-0.15, -0.1) is 0 Å². The van der Waals surface area contributed by atoms with E-state index in [2.05, 4.69) is 5.32 Å². The molecule has 6 nitrogen and oxygen atoms in total. The Morgan fingerprint density at radius 2 is 2.03 bits per heavy atom. The van der Waals surface area contributed by atoms with Crippen molar-refractivity contribution in [3.63, 3.8) is 0 Å². The van der Waals surface area contributed by atoms with Crippen LogP contribution in [-0.2, 0) is 9.59 Å². The number of phenolic OH excluding ortho intramolecular Hbond substituents is 1. The number of hydrogen-bond donors (Lipinski definition) is 2. The van der Waals surface area contributed by atoms with Crippen LogP contribution < -0.4 is 15.0 Å². The van der Waals surface area contributed by atoms with Gasteiger partial charge in [0.05, 0.1) is 24.5 Å². The van der Waals surface area contributed by atoms with Crippen molar-refractivity contribution in [2.45, 2.75) is 45.1 Å². The number of aromatic hydroxyl groups is 1. The van der Waals surface area contributed by atoms with E-state index in [4.69, 9.17) is 4.74 Å². The van der Waals surface area contributed by atoms with Gasteiger partial charge in [0, 0.05) is 24.1 Å². The number of amides is 1. The van der Waals surface area contributed by atoms with Crippen molar-refractivity contribution in [3.05, 3.63) is 59.3 Å². The highest BCUT2D eigenvalue weighted by molar-refractivity contribution is 6.06. The molecule has 1 aliphatic carbocycles. The maximum atomic E-state index is 13.4. The van der Waals surface area contributed by atoms with Crippen molar-refractivity contribution in [2.24, 2.45) is 0 Å². The smallest absolute Gasteiger partial charge is 0.227 e. The van der Waals surface area contributed by atoms with Crippen LogP contribution in [0.3, 0.4) is 0 Å². The molecule has 2 aromatic carbocycles. The third kappa shape index (κ3) is 3.43. The molecule has 0 bridgehead atoms.